The Kier molecular flexibility index (Phi) is 5.64. The van der Waals surface area contributed by atoms with Crippen molar-refractivity contribution in [3.63, 3.8) is 0 Å². The van der Waals surface area contributed by atoms with E-state index in [-0.39, 0.29) is 12.5 Å². The summed E-state index contributed by atoms with van der Waals surface area (Å²) in [6.07, 6.45) is 0.999. The third kappa shape index (κ3) is 4.48. The van der Waals surface area contributed by atoms with Gasteiger partial charge in [0.1, 0.15) is 5.75 Å². The van der Waals surface area contributed by atoms with Gasteiger partial charge in [-0.05, 0) is 47.4 Å². The first-order chi connectivity index (χ1) is 12.7. The average Bonchev–Trinajstić information content (AvgIpc) is 2.70. The molecule has 0 fully saturated rings. The van der Waals surface area contributed by atoms with Crippen LogP contribution in [0.2, 0.25) is 0 Å². The lowest BCUT2D eigenvalue weighted by atomic mass is 10.1. The van der Waals surface area contributed by atoms with Crippen molar-refractivity contribution in [3.8, 4) is 5.75 Å². The molecule has 3 aromatic carbocycles. The SMILES string of the molecule is CCc1ccc(/C(C)=N/NC(=O)COc2ccc3ccccc3c2)cc1. The van der Waals surface area contributed by atoms with Gasteiger partial charge in [0.05, 0.1) is 5.71 Å². The molecule has 0 radical (unpaired) electrons. The quantitative estimate of drug-likeness (QED) is 0.534. The Hall–Kier alpha value is -3.14. The molecule has 3 aromatic rings. The van der Waals surface area contributed by atoms with E-state index in [2.05, 4.69) is 29.6 Å². The van der Waals surface area contributed by atoms with Crippen molar-refractivity contribution in [1.82, 2.24) is 5.43 Å². The molecule has 3 rings (SSSR count). The Morgan fingerprint density at radius 2 is 1.73 bits per heavy atom. The molecule has 0 saturated heterocycles. The first kappa shape index (κ1) is 17.7. The van der Waals surface area contributed by atoms with Gasteiger partial charge in [-0.3, -0.25) is 4.79 Å². The molecule has 0 aliphatic rings. The number of carbonyl (C=O) groups is 1. The highest BCUT2D eigenvalue weighted by Crippen LogP contribution is 2.20. The molecule has 0 aliphatic heterocycles. The number of nitrogens with one attached hydrogen (secondary N) is 1. The molecule has 4 heteroatoms. The van der Waals surface area contributed by atoms with Gasteiger partial charge in [-0.1, -0.05) is 61.5 Å². The third-order valence-corrected chi connectivity index (χ3v) is 4.22. The van der Waals surface area contributed by atoms with Crippen LogP contribution in [0, 0.1) is 0 Å². The van der Waals surface area contributed by atoms with Gasteiger partial charge >= 0.3 is 0 Å². The highest BCUT2D eigenvalue weighted by Gasteiger charge is 2.04. The molecule has 4 nitrogen and oxygen atoms in total. The number of fused-ring (bicyclic) bond motifs is 1. The van der Waals surface area contributed by atoms with Crippen molar-refractivity contribution < 1.29 is 9.53 Å². The van der Waals surface area contributed by atoms with E-state index in [1.807, 2.05) is 61.5 Å². The number of nitrogens with zero attached hydrogens (tertiary/aromatic N) is 1. The fourth-order valence-corrected chi connectivity index (χ4v) is 2.63. The number of ether oxygens (including phenoxy) is 1. The summed E-state index contributed by atoms with van der Waals surface area (Å²) in [5.74, 6) is 0.373. The van der Waals surface area contributed by atoms with Crippen LogP contribution in [0.1, 0.15) is 25.0 Å². The maximum absolute atomic E-state index is 12.0. The monoisotopic (exact) mass is 346 g/mol. The summed E-state index contributed by atoms with van der Waals surface area (Å²) in [6.45, 7) is 3.90. The van der Waals surface area contributed by atoms with E-state index in [4.69, 9.17) is 4.74 Å². The summed E-state index contributed by atoms with van der Waals surface area (Å²) < 4.78 is 5.56. The number of amides is 1. The Bertz CT molecular complexity index is 930. The first-order valence-electron chi connectivity index (χ1n) is 8.70. The van der Waals surface area contributed by atoms with Crippen LogP contribution < -0.4 is 10.2 Å². The van der Waals surface area contributed by atoms with Crippen molar-refractivity contribution in [2.45, 2.75) is 20.3 Å². The molecule has 0 aliphatic carbocycles. The maximum atomic E-state index is 12.0. The van der Waals surface area contributed by atoms with Gasteiger partial charge in [-0.2, -0.15) is 5.10 Å². The molecular formula is C22H22N2O2. The molecule has 0 spiro atoms. The van der Waals surface area contributed by atoms with Crippen LogP contribution in [0.3, 0.4) is 0 Å². The lowest BCUT2D eigenvalue weighted by molar-refractivity contribution is -0.123. The van der Waals surface area contributed by atoms with E-state index in [0.717, 1.165) is 28.5 Å². The highest BCUT2D eigenvalue weighted by molar-refractivity contribution is 5.99. The number of benzene rings is 3. The van der Waals surface area contributed by atoms with Crippen molar-refractivity contribution in [2.24, 2.45) is 5.10 Å². The predicted octanol–water partition coefficient (Wildman–Crippen LogP) is 4.32. The fraction of sp³-hybridized carbons (Fsp3) is 0.182. The van der Waals surface area contributed by atoms with Gasteiger partial charge < -0.3 is 4.74 Å². The standard InChI is InChI=1S/C22H22N2O2/c1-3-17-8-10-18(11-9-17)16(2)23-24-22(25)15-26-21-13-12-19-6-4-5-7-20(19)14-21/h4-14H,3,15H2,1-2H3,(H,24,25)/b23-16+. The van der Waals surface area contributed by atoms with Gasteiger partial charge in [-0.25, -0.2) is 5.43 Å². The minimum Gasteiger partial charge on any atom is -0.484 e. The topological polar surface area (TPSA) is 50.7 Å². The number of carbonyl (C=O) groups excluding carboxylic acids is 1. The summed E-state index contributed by atoms with van der Waals surface area (Å²) in [4.78, 5) is 12.0. The number of rotatable bonds is 6. The van der Waals surface area contributed by atoms with Gasteiger partial charge in [0.15, 0.2) is 6.61 Å². The fourth-order valence-electron chi connectivity index (χ4n) is 2.63. The highest BCUT2D eigenvalue weighted by atomic mass is 16.5. The number of aryl methyl sites for hydroxylation is 1. The number of hydrogen-bond donors (Lipinski definition) is 1. The van der Waals surface area contributed by atoms with Crippen LogP contribution >= 0.6 is 0 Å². The Balaban J connectivity index is 1.55. The average molecular weight is 346 g/mol. The lowest BCUT2D eigenvalue weighted by Crippen LogP contribution is -2.25. The Labute approximate surface area is 153 Å². The molecule has 0 unspecified atom stereocenters. The minimum absolute atomic E-state index is 0.0795. The number of hydrazone groups is 1. The molecule has 0 saturated carbocycles. The zero-order valence-corrected chi connectivity index (χ0v) is 15.0. The van der Waals surface area contributed by atoms with Gasteiger partial charge in [-0.15, -0.1) is 0 Å². The number of hydrogen-bond acceptors (Lipinski definition) is 3. The third-order valence-electron chi connectivity index (χ3n) is 4.22. The largest absolute Gasteiger partial charge is 0.484 e. The van der Waals surface area contributed by atoms with Crippen molar-refractivity contribution in [3.05, 3.63) is 77.9 Å². The van der Waals surface area contributed by atoms with Crippen LogP contribution in [0.5, 0.6) is 5.75 Å². The molecule has 0 atom stereocenters. The molecule has 0 bridgehead atoms. The summed E-state index contributed by atoms with van der Waals surface area (Å²) >= 11 is 0. The molecule has 132 valence electrons. The van der Waals surface area contributed by atoms with E-state index in [1.165, 1.54) is 5.56 Å². The van der Waals surface area contributed by atoms with E-state index < -0.39 is 0 Å². The van der Waals surface area contributed by atoms with Gasteiger partial charge in [0, 0.05) is 0 Å². The second kappa shape index (κ2) is 8.30. The van der Waals surface area contributed by atoms with Crippen molar-refractivity contribution >= 4 is 22.4 Å². The summed E-state index contributed by atoms with van der Waals surface area (Å²) in [7, 11) is 0. The molecule has 26 heavy (non-hydrogen) atoms. The molecule has 0 aromatic heterocycles. The van der Waals surface area contributed by atoms with Crippen LogP contribution in [-0.4, -0.2) is 18.2 Å². The van der Waals surface area contributed by atoms with Crippen LogP contribution in [0.15, 0.2) is 71.8 Å². The smallest absolute Gasteiger partial charge is 0.277 e. The first-order valence-corrected chi connectivity index (χ1v) is 8.70. The molecule has 1 amide bonds. The van der Waals surface area contributed by atoms with Gasteiger partial charge in [0.2, 0.25) is 0 Å². The van der Waals surface area contributed by atoms with Crippen LogP contribution in [0.25, 0.3) is 10.8 Å². The summed E-state index contributed by atoms with van der Waals surface area (Å²) in [5.41, 5.74) is 5.55. The minimum atomic E-state index is -0.289. The maximum Gasteiger partial charge on any atom is 0.277 e. The second-order valence-corrected chi connectivity index (χ2v) is 6.08. The van der Waals surface area contributed by atoms with Crippen molar-refractivity contribution in [1.29, 1.82) is 0 Å². The Morgan fingerprint density at radius 1 is 1.00 bits per heavy atom. The zero-order chi connectivity index (χ0) is 18.4. The van der Waals surface area contributed by atoms with Crippen molar-refractivity contribution in [2.75, 3.05) is 6.61 Å². The van der Waals surface area contributed by atoms with Crippen LogP contribution in [0.4, 0.5) is 0 Å². The predicted molar refractivity (Wildman–Crippen MR) is 106 cm³/mol. The normalized spacial score (nSPS) is 11.4. The van der Waals surface area contributed by atoms with E-state index in [9.17, 15) is 4.79 Å². The molecule has 1 N–H and O–H groups in total. The molecule has 0 heterocycles. The van der Waals surface area contributed by atoms with Crippen LogP contribution in [-0.2, 0) is 11.2 Å². The summed E-state index contributed by atoms with van der Waals surface area (Å²) in [5, 5.41) is 6.37. The summed E-state index contributed by atoms with van der Waals surface area (Å²) in [6, 6.07) is 21.9. The van der Waals surface area contributed by atoms with E-state index >= 15 is 0 Å². The zero-order valence-electron chi connectivity index (χ0n) is 15.0. The second-order valence-electron chi connectivity index (χ2n) is 6.08. The van der Waals surface area contributed by atoms with E-state index in [0.29, 0.717) is 5.75 Å². The van der Waals surface area contributed by atoms with Gasteiger partial charge in [0.25, 0.3) is 5.91 Å². The molecular weight excluding hydrogens is 324 g/mol. The van der Waals surface area contributed by atoms with E-state index in [1.54, 1.807) is 0 Å². The lowest BCUT2D eigenvalue weighted by Gasteiger charge is -2.07. The Morgan fingerprint density at radius 3 is 2.46 bits per heavy atom.